The zero-order valence-electron chi connectivity index (χ0n) is 8.95. The fourth-order valence-corrected chi connectivity index (χ4v) is 2.24. The molecule has 0 spiro atoms. The first-order chi connectivity index (χ1) is 6.35. The number of nitrogens with one attached hydrogen (secondary N) is 1. The number of nitrogens with zero attached hydrogens (tertiary/aromatic N) is 1. The minimum absolute atomic E-state index is 0.0229. The van der Waals surface area contributed by atoms with E-state index in [4.69, 9.17) is 11.1 Å². The van der Waals surface area contributed by atoms with Crippen molar-refractivity contribution in [1.29, 1.82) is 5.41 Å². The third-order valence-electron chi connectivity index (χ3n) is 2.12. The largest absolute Gasteiger partial charge is 0.387 e. The summed E-state index contributed by atoms with van der Waals surface area (Å²) in [7, 11) is -3.16. The summed E-state index contributed by atoms with van der Waals surface area (Å²) in [5.41, 5.74) is 5.29. The lowest BCUT2D eigenvalue weighted by molar-refractivity contribution is 0.404. The van der Waals surface area contributed by atoms with E-state index in [9.17, 15) is 8.42 Å². The van der Waals surface area contributed by atoms with Gasteiger partial charge < -0.3 is 5.73 Å². The lowest BCUT2D eigenvalue weighted by Gasteiger charge is -2.22. The molecule has 0 fully saturated rings. The maximum Gasteiger partial charge on any atom is 0.213 e. The van der Waals surface area contributed by atoms with E-state index < -0.39 is 10.0 Å². The smallest absolute Gasteiger partial charge is 0.213 e. The average molecular weight is 221 g/mol. The standard InChI is InChI=1S/C8H19N3O2S/c1-4-11(14(12,13)5-2)6-7(3)8(9)10/h7H,4-6H2,1-3H3,(H3,9,10). The fourth-order valence-electron chi connectivity index (χ4n) is 1.03. The van der Waals surface area contributed by atoms with Crippen LogP contribution in [0.2, 0.25) is 0 Å². The quantitative estimate of drug-likeness (QED) is 0.497. The van der Waals surface area contributed by atoms with E-state index in [1.165, 1.54) is 4.31 Å². The number of sulfonamides is 1. The van der Waals surface area contributed by atoms with E-state index >= 15 is 0 Å². The lowest BCUT2D eigenvalue weighted by atomic mass is 10.1. The number of rotatable bonds is 6. The predicted octanol–water partition coefficient (Wildman–Crippen LogP) is 0.230. The van der Waals surface area contributed by atoms with E-state index in [0.29, 0.717) is 13.1 Å². The van der Waals surface area contributed by atoms with Crippen LogP contribution in [0.4, 0.5) is 0 Å². The van der Waals surface area contributed by atoms with Crippen LogP contribution in [0.15, 0.2) is 0 Å². The monoisotopic (exact) mass is 221 g/mol. The highest BCUT2D eigenvalue weighted by atomic mass is 32.2. The van der Waals surface area contributed by atoms with E-state index in [1.807, 2.05) is 0 Å². The molecule has 5 nitrogen and oxygen atoms in total. The molecule has 0 radical (unpaired) electrons. The molecule has 0 amide bonds. The van der Waals surface area contributed by atoms with Gasteiger partial charge in [-0.25, -0.2) is 12.7 Å². The van der Waals surface area contributed by atoms with Crippen LogP contribution < -0.4 is 5.73 Å². The molecule has 0 aliphatic rings. The van der Waals surface area contributed by atoms with Gasteiger partial charge in [0.1, 0.15) is 0 Å². The van der Waals surface area contributed by atoms with Crippen molar-refractivity contribution in [3.63, 3.8) is 0 Å². The summed E-state index contributed by atoms with van der Waals surface area (Å²) in [6, 6.07) is 0. The molecule has 0 bridgehead atoms. The molecule has 0 aromatic carbocycles. The summed E-state index contributed by atoms with van der Waals surface area (Å²) in [5, 5.41) is 7.19. The Morgan fingerprint density at radius 3 is 2.29 bits per heavy atom. The lowest BCUT2D eigenvalue weighted by Crippen LogP contribution is -2.39. The van der Waals surface area contributed by atoms with E-state index in [2.05, 4.69) is 0 Å². The fraction of sp³-hybridized carbons (Fsp3) is 0.875. The Hall–Kier alpha value is -0.620. The maximum absolute atomic E-state index is 11.5. The maximum atomic E-state index is 11.5. The molecule has 0 rings (SSSR count). The van der Waals surface area contributed by atoms with E-state index in [1.54, 1.807) is 20.8 Å². The Balaban J connectivity index is 4.53. The van der Waals surface area contributed by atoms with Crippen molar-refractivity contribution in [1.82, 2.24) is 4.31 Å². The number of nitrogens with two attached hydrogens (primary N) is 1. The van der Waals surface area contributed by atoms with Gasteiger partial charge in [0.25, 0.3) is 0 Å². The number of amidine groups is 1. The summed E-state index contributed by atoms with van der Waals surface area (Å²) in [6.45, 7) is 5.85. The topological polar surface area (TPSA) is 87.2 Å². The molecule has 6 heteroatoms. The van der Waals surface area contributed by atoms with Gasteiger partial charge in [-0.2, -0.15) is 0 Å². The molecule has 1 atom stereocenters. The van der Waals surface area contributed by atoms with Gasteiger partial charge >= 0.3 is 0 Å². The van der Waals surface area contributed by atoms with Crippen LogP contribution in [-0.4, -0.2) is 37.4 Å². The third kappa shape index (κ3) is 3.63. The van der Waals surface area contributed by atoms with Gasteiger partial charge in [0.2, 0.25) is 10.0 Å². The molecule has 0 saturated carbocycles. The Morgan fingerprint density at radius 2 is 2.00 bits per heavy atom. The average Bonchev–Trinajstić information content (AvgIpc) is 2.13. The highest BCUT2D eigenvalue weighted by molar-refractivity contribution is 7.89. The van der Waals surface area contributed by atoms with E-state index in [-0.39, 0.29) is 17.5 Å². The van der Waals surface area contributed by atoms with Crippen molar-refractivity contribution >= 4 is 15.9 Å². The Bertz CT molecular complexity index is 287. The molecular weight excluding hydrogens is 202 g/mol. The summed E-state index contributed by atoms with van der Waals surface area (Å²) in [6.07, 6.45) is 0. The van der Waals surface area contributed by atoms with Gasteiger partial charge in [-0.15, -0.1) is 0 Å². The summed E-state index contributed by atoms with van der Waals surface area (Å²) >= 11 is 0. The second-order valence-corrected chi connectivity index (χ2v) is 5.47. The molecule has 3 N–H and O–H groups in total. The Morgan fingerprint density at radius 1 is 1.50 bits per heavy atom. The van der Waals surface area contributed by atoms with Crippen molar-refractivity contribution in [2.45, 2.75) is 20.8 Å². The molecule has 0 aliphatic heterocycles. The van der Waals surface area contributed by atoms with Crippen molar-refractivity contribution in [3.8, 4) is 0 Å². The second kappa shape index (κ2) is 5.31. The SMILES string of the molecule is CCN(CC(C)C(=N)N)S(=O)(=O)CC. The highest BCUT2D eigenvalue weighted by Crippen LogP contribution is 2.06. The van der Waals surface area contributed by atoms with Gasteiger partial charge in [-0.1, -0.05) is 13.8 Å². The first-order valence-corrected chi connectivity index (χ1v) is 6.27. The van der Waals surface area contributed by atoms with Crippen molar-refractivity contribution in [3.05, 3.63) is 0 Å². The summed E-state index contributed by atoms with van der Waals surface area (Å²) < 4.78 is 24.4. The Labute approximate surface area is 85.8 Å². The van der Waals surface area contributed by atoms with E-state index in [0.717, 1.165) is 0 Å². The van der Waals surface area contributed by atoms with Crippen LogP contribution in [0.5, 0.6) is 0 Å². The van der Waals surface area contributed by atoms with Crippen LogP contribution in [0.1, 0.15) is 20.8 Å². The molecule has 1 unspecified atom stereocenters. The van der Waals surface area contributed by atoms with Gasteiger partial charge in [0, 0.05) is 19.0 Å². The van der Waals surface area contributed by atoms with Gasteiger partial charge in [0.15, 0.2) is 0 Å². The number of hydrogen-bond acceptors (Lipinski definition) is 3. The van der Waals surface area contributed by atoms with Crippen LogP contribution in [0.3, 0.4) is 0 Å². The minimum atomic E-state index is -3.16. The second-order valence-electron chi connectivity index (χ2n) is 3.21. The van der Waals surface area contributed by atoms with Crippen LogP contribution >= 0.6 is 0 Å². The zero-order valence-corrected chi connectivity index (χ0v) is 9.76. The van der Waals surface area contributed by atoms with Crippen molar-refractivity contribution in [2.75, 3.05) is 18.8 Å². The molecular formula is C8H19N3O2S. The van der Waals surface area contributed by atoms with Gasteiger partial charge in [-0.3, -0.25) is 5.41 Å². The predicted molar refractivity (Wildman–Crippen MR) is 57.8 cm³/mol. The highest BCUT2D eigenvalue weighted by Gasteiger charge is 2.21. The third-order valence-corrected chi connectivity index (χ3v) is 4.04. The molecule has 0 aromatic heterocycles. The van der Waals surface area contributed by atoms with Crippen LogP contribution in [0.25, 0.3) is 0 Å². The van der Waals surface area contributed by atoms with Crippen molar-refractivity contribution in [2.24, 2.45) is 11.7 Å². The first-order valence-electron chi connectivity index (χ1n) is 4.66. The van der Waals surface area contributed by atoms with Gasteiger partial charge in [-0.05, 0) is 6.92 Å². The zero-order chi connectivity index (χ0) is 11.4. The molecule has 0 aliphatic carbocycles. The van der Waals surface area contributed by atoms with Crippen LogP contribution in [-0.2, 0) is 10.0 Å². The number of hydrogen-bond donors (Lipinski definition) is 2. The molecule has 0 aromatic rings. The molecule has 0 saturated heterocycles. The molecule has 84 valence electrons. The first kappa shape index (κ1) is 13.4. The Kier molecular flexibility index (Phi) is 5.07. The normalized spacial score (nSPS) is 14.3. The van der Waals surface area contributed by atoms with Crippen molar-refractivity contribution < 1.29 is 8.42 Å². The van der Waals surface area contributed by atoms with Crippen LogP contribution in [0, 0.1) is 11.3 Å². The molecule has 0 heterocycles. The van der Waals surface area contributed by atoms with Gasteiger partial charge in [0.05, 0.1) is 11.6 Å². The minimum Gasteiger partial charge on any atom is -0.387 e. The molecule has 14 heavy (non-hydrogen) atoms. The summed E-state index contributed by atoms with van der Waals surface area (Å²) in [5.74, 6) is -0.114. The summed E-state index contributed by atoms with van der Waals surface area (Å²) in [4.78, 5) is 0.